The minimum atomic E-state index is -0.337. The number of carbonyl (C=O) groups excluding carboxylic acids is 1. The molecule has 4 rings (SSSR count). The largest absolute Gasteiger partial charge is 0.870 e. The van der Waals surface area contributed by atoms with Gasteiger partial charge in [-0.1, -0.05) is 35.6 Å². The van der Waals surface area contributed by atoms with Gasteiger partial charge in [0.25, 0.3) is 11.7 Å². The highest BCUT2D eigenvalue weighted by molar-refractivity contribution is 7.99. The number of aryl methyl sites for hydroxylation is 1. The fraction of sp³-hybridized carbons (Fsp3) is 0.154. The van der Waals surface area contributed by atoms with Crippen LogP contribution in [-0.2, 0) is 4.79 Å². The number of nitrogens with one attached hydrogen (secondary N) is 2. The van der Waals surface area contributed by atoms with Crippen LogP contribution >= 0.6 is 11.8 Å². The Morgan fingerprint density at radius 1 is 1.11 bits per heavy atom. The molecule has 0 atom stereocenters. The minimum absolute atomic E-state index is 0.0679. The molecule has 1 aromatic heterocycles. The molecule has 0 aliphatic rings. The van der Waals surface area contributed by atoms with Crippen LogP contribution in [0.25, 0.3) is 17.1 Å². The fourth-order valence-electron chi connectivity index (χ4n) is 3.40. The third-order valence-electron chi connectivity index (χ3n) is 5.28. The van der Waals surface area contributed by atoms with E-state index in [1.54, 1.807) is 25.3 Å². The quantitative estimate of drug-likeness (QED) is 0.157. The van der Waals surface area contributed by atoms with E-state index in [4.69, 9.17) is 9.47 Å². The monoisotopic (exact) mass is 503 g/mol. The van der Waals surface area contributed by atoms with E-state index in [2.05, 4.69) is 20.7 Å². The number of carbonyl (C=O) groups is 1. The highest BCUT2D eigenvalue weighted by Gasteiger charge is 2.24. The van der Waals surface area contributed by atoms with Crippen molar-refractivity contribution < 1.29 is 23.9 Å². The Morgan fingerprint density at radius 3 is 2.56 bits per heavy atom. The van der Waals surface area contributed by atoms with Crippen LogP contribution in [0, 0.1) is 6.92 Å². The second kappa shape index (κ2) is 11.4. The molecule has 0 fully saturated rings. The van der Waals surface area contributed by atoms with Gasteiger partial charge in [-0.05, 0) is 66.7 Å². The van der Waals surface area contributed by atoms with Crippen LogP contribution in [0.3, 0.4) is 0 Å². The van der Waals surface area contributed by atoms with Crippen molar-refractivity contribution >= 4 is 23.9 Å². The van der Waals surface area contributed by atoms with Gasteiger partial charge < -0.3 is 14.6 Å². The van der Waals surface area contributed by atoms with Gasteiger partial charge in [0.05, 0.1) is 36.8 Å². The average Bonchev–Trinajstić information content (AvgIpc) is 3.33. The SMILES string of the molecule is COc1ccc(-c2[nH]nc(SCC(=O)NN=Cc3cccc(OC)c3[O-])[n+]2-c2ccc(C)cc2)cc1. The molecule has 4 aromatic rings. The van der Waals surface area contributed by atoms with Crippen LogP contribution < -0.4 is 24.6 Å². The summed E-state index contributed by atoms with van der Waals surface area (Å²) in [5.74, 6) is 1.17. The fourth-order valence-corrected chi connectivity index (χ4v) is 4.16. The van der Waals surface area contributed by atoms with Crippen molar-refractivity contribution in [2.24, 2.45) is 5.10 Å². The maximum Gasteiger partial charge on any atom is 0.342 e. The van der Waals surface area contributed by atoms with Gasteiger partial charge in [0, 0.05) is 0 Å². The van der Waals surface area contributed by atoms with Gasteiger partial charge in [0.15, 0.2) is 0 Å². The second-order valence-electron chi connectivity index (χ2n) is 7.71. The normalized spacial score (nSPS) is 11.0. The molecule has 0 aliphatic heterocycles. The van der Waals surface area contributed by atoms with E-state index in [0.717, 1.165) is 28.4 Å². The predicted molar refractivity (Wildman–Crippen MR) is 136 cm³/mol. The van der Waals surface area contributed by atoms with E-state index < -0.39 is 0 Å². The standard InChI is InChI=1S/C26H25N5O4S/c1-17-7-11-20(12-8-17)31-25(18-9-13-21(34-2)14-10-18)29-30-26(31)36-16-23(32)28-27-15-19-5-4-6-22(35-3)24(19)33/h4-15H,16H2,1-3H3,(H2,27,28,32,33). The zero-order valence-electron chi connectivity index (χ0n) is 20.0. The van der Waals surface area contributed by atoms with Gasteiger partial charge >= 0.3 is 5.16 Å². The lowest BCUT2D eigenvalue weighted by Crippen LogP contribution is -2.34. The smallest absolute Gasteiger partial charge is 0.342 e. The Morgan fingerprint density at radius 2 is 1.86 bits per heavy atom. The van der Waals surface area contributed by atoms with Gasteiger partial charge in [0.2, 0.25) is 0 Å². The van der Waals surface area contributed by atoms with Crippen LogP contribution in [0.2, 0.25) is 0 Å². The summed E-state index contributed by atoms with van der Waals surface area (Å²) in [6.07, 6.45) is 1.30. The molecule has 2 N–H and O–H groups in total. The number of hydrazone groups is 1. The van der Waals surface area contributed by atoms with Crippen molar-refractivity contribution in [3.8, 4) is 34.3 Å². The van der Waals surface area contributed by atoms with E-state index in [9.17, 15) is 9.90 Å². The van der Waals surface area contributed by atoms with E-state index in [1.165, 1.54) is 25.1 Å². The molecule has 36 heavy (non-hydrogen) atoms. The van der Waals surface area contributed by atoms with E-state index in [-0.39, 0.29) is 23.2 Å². The van der Waals surface area contributed by atoms with Gasteiger partial charge in [-0.3, -0.25) is 4.79 Å². The maximum absolute atomic E-state index is 12.4. The summed E-state index contributed by atoms with van der Waals surface area (Å²) >= 11 is 1.26. The molecule has 0 unspecified atom stereocenters. The Balaban J connectivity index is 1.51. The predicted octanol–water partition coefficient (Wildman–Crippen LogP) is 3.00. The molecule has 1 amide bonds. The molecule has 0 spiro atoms. The molecule has 0 radical (unpaired) electrons. The van der Waals surface area contributed by atoms with Gasteiger partial charge in [-0.25, -0.2) is 5.43 Å². The molecule has 0 aliphatic carbocycles. The highest BCUT2D eigenvalue weighted by Crippen LogP contribution is 2.25. The number of thioether (sulfide) groups is 1. The summed E-state index contributed by atoms with van der Waals surface area (Å²) in [6, 6.07) is 20.5. The van der Waals surface area contributed by atoms with Crippen LogP contribution in [0.15, 0.2) is 77.0 Å². The lowest BCUT2D eigenvalue weighted by Gasteiger charge is -2.14. The number of amides is 1. The summed E-state index contributed by atoms with van der Waals surface area (Å²) in [5, 5.41) is 24.2. The Labute approximate surface area is 212 Å². The van der Waals surface area contributed by atoms with Crippen LogP contribution in [0.1, 0.15) is 11.1 Å². The number of benzene rings is 3. The number of aromatic nitrogens is 3. The topological polar surface area (TPSA) is 116 Å². The lowest BCUT2D eigenvalue weighted by molar-refractivity contribution is -0.625. The van der Waals surface area contributed by atoms with Gasteiger partial charge in [-0.15, -0.1) is 5.10 Å². The third-order valence-corrected chi connectivity index (χ3v) is 6.22. The number of rotatable bonds is 9. The summed E-state index contributed by atoms with van der Waals surface area (Å²) in [5.41, 5.74) is 5.72. The molecular weight excluding hydrogens is 478 g/mol. The number of ether oxygens (including phenoxy) is 2. The number of aromatic amines is 1. The van der Waals surface area contributed by atoms with E-state index in [1.807, 2.05) is 60.0 Å². The Kier molecular flexibility index (Phi) is 7.86. The number of nitrogens with zero attached hydrogens (tertiary/aromatic N) is 3. The zero-order valence-corrected chi connectivity index (χ0v) is 20.8. The minimum Gasteiger partial charge on any atom is -0.870 e. The van der Waals surface area contributed by atoms with Crippen molar-refractivity contribution in [1.29, 1.82) is 0 Å². The van der Waals surface area contributed by atoms with E-state index in [0.29, 0.717) is 10.7 Å². The number of hydrogen-bond donors (Lipinski definition) is 2. The van der Waals surface area contributed by atoms with Crippen molar-refractivity contribution in [2.75, 3.05) is 20.0 Å². The number of H-pyrrole nitrogens is 1. The number of hydrogen-bond acceptors (Lipinski definition) is 7. The number of para-hydroxylation sites is 1. The highest BCUT2D eigenvalue weighted by atomic mass is 32.2. The first-order valence-electron chi connectivity index (χ1n) is 11.0. The summed E-state index contributed by atoms with van der Waals surface area (Å²) in [4.78, 5) is 12.4. The maximum atomic E-state index is 12.4. The number of methoxy groups -OCH3 is 2. The van der Waals surface area contributed by atoms with Crippen molar-refractivity contribution in [2.45, 2.75) is 12.1 Å². The average molecular weight is 504 g/mol. The molecular formula is C26H25N5O4S. The van der Waals surface area contributed by atoms with Crippen LogP contribution in [0.4, 0.5) is 0 Å². The summed E-state index contributed by atoms with van der Waals surface area (Å²) in [6.45, 7) is 2.02. The summed E-state index contributed by atoms with van der Waals surface area (Å²) < 4.78 is 12.2. The first-order valence-corrected chi connectivity index (χ1v) is 12.0. The Bertz CT molecular complexity index is 1370. The van der Waals surface area contributed by atoms with E-state index >= 15 is 0 Å². The lowest BCUT2D eigenvalue weighted by atomic mass is 10.2. The molecule has 0 saturated carbocycles. The molecule has 9 nitrogen and oxygen atoms in total. The molecule has 10 heteroatoms. The van der Waals surface area contributed by atoms with Crippen molar-refractivity contribution in [3.05, 3.63) is 77.9 Å². The van der Waals surface area contributed by atoms with Crippen molar-refractivity contribution in [1.82, 2.24) is 15.6 Å². The third kappa shape index (κ3) is 5.66. The first kappa shape index (κ1) is 24.8. The zero-order chi connectivity index (χ0) is 25.5. The van der Waals surface area contributed by atoms with Gasteiger partial charge in [0.1, 0.15) is 17.2 Å². The Hall–Kier alpha value is -4.31. The summed E-state index contributed by atoms with van der Waals surface area (Å²) in [7, 11) is 3.05. The second-order valence-corrected chi connectivity index (χ2v) is 8.66. The first-order chi connectivity index (χ1) is 17.5. The molecule has 3 aromatic carbocycles. The van der Waals surface area contributed by atoms with Crippen LogP contribution in [-0.4, -0.2) is 42.3 Å². The molecule has 184 valence electrons. The molecule has 1 heterocycles. The van der Waals surface area contributed by atoms with Crippen molar-refractivity contribution in [3.63, 3.8) is 0 Å². The molecule has 0 saturated heterocycles. The van der Waals surface area contributed by atoms with Crippen LogP contribution in [0.5, 0.6) is 17.2 Å². The molecule has 0 bridgehead atoms. The van der Waals surface area contributed by atoms with Gasteiger partial charge in [-0.2, -0.15) is 9.67 Å².